The fourth-order valence-electron chi connectivity index (χ4n) is 22.1. The molecule has 2 nitrogen and oxygen atoms in total. The molecule has 0 aliphatic carbocycles. The van der Waals surface area contributed by atoms with Gasteiger partial charge in [0.05, 0.1) is 5.41 Å². The SMILES string of the molecule is CCCCCCCCCCCCC(CCCCCCCCC)(CCCCCCCCCCCC)C(CCCCCCCCCCCC)(CCCCCCCCCCCC)C(CCCCCCCCCCCC)(CCCCCCCCCCCC)C(CCCCCCCCCCCC)(CCCCCCCCCCCC)C(=O)O. The Hall–Kier alpha value is -0.530. The van der Waals surface area contributed by atoms with Crippen LogP contribution in [0.2, 0.25) is 0 Å². The molecule has 0 aliphatic rings. The number of hydrogen-bond acceptors (Lipinski definition) is 1. The van der Waals surface area contributed by atoms with Crippen LogP contribution in [0.5, 0.6) is 0 Å². The fourth-order valence-corrected chi connectivity index (χ4v) is 22.1. The monoisotopic (exact) mass is 1570 g/mol. The summed E-state index contributed by atoms with van der Waals surface area (Å²) in [5.41, 5.74) is -0.845. The third kappa shape index (κ3) is 60.0. The Labute approximate surface area is 711 Å². The topological polar surface area (TPSA) is 37.3 Å². The van der Waals surface area contributed by atoms with Gasteiger partial charge in [0.15, 0.2) is 0 Å². The first-order valence-corrected chi connectivity index (χ1v) is 54.5. The van der Waals surface area contributed by atoms with E-state index in [1.54, 1.807) is 0 Å². The van der Waals surface area contributed by atoms with Crippen LogP contribution in [-0.2, 0) is 4.79 Å². The van der Waals surface area contributed by atoms with Gasteiger partial charge in [-0.2, -0.15) is 0 Å². The molecule has 0 atom stereocenters. The number of aliphatic carboxylic acids is 1. The number of carboxylic acids is 1. The zero-order valence-electron chi connectivity index (χ0n) is 80.2. The number of carboxylic acid groups (broad SMARTS) is 1. The lowest BCUT2D eigenvalue weighted by Crippen LogP contribution is -2.63. The van der Waals surface area contributed by atoms with Crippen LogP contribution in [0.3, 0.4) is 0 Å². The van der Waals surface area contributed by atoms with E-state index in [-0.39, 0.29) is 22.2 Å². The number of carbonyl (C=O) groups is 1. The van der Waals surface area contributed by atoms with Gasteiger partial charge in [-0.15, -0.1) is 0 Å². The third-order valence-corrected chi connectivity index (χ3v) is 29.3. The molecular weight excluding hydrogens is 1350 g/mol. The van der Waals surface area contributed by atoms with Gasteiger partial charge in [-0.05, 0) is 74.0 Å². The number of rotatable bonds is 100. The molecule has 0 saturated heterocycles. The second-order valence-corrected chi connectivity index (χ2v) is 39.2. The molecule has 1 N–H and O–H groups in total. The standard InChI is InChI=1S/C110H220O2/c1-10-19-28-37-46-54-62-71-80-89-98-107(97-88-79-70-45-36-27-18-9,99-90-81-72-63-55-47-38-29-20-11-2)109(102-93-84-75-66-58-50-41-32-23-14-5,103-94-85-76-67-59-51-42-33-24-15-6)110(104-95-86-77-68-60-52-43-34-25-16-7,105-96-87-78-69-61-53-44-35-26-17-8)108(106(111)112,100-91-82-73-64-56-48-39-30-21-12-3)101-92-83-74-65-57-49-40-31-22-13-4/h10-105H2,1-9H3,(H,111,112). The highest BCUT2D eigenvalue weighted by Gasteiger charge is 2.68. The van der Waals surface area contributed by atoms with Crippen LogP contribution >= 0.6 is 0 Å². The molecule has 2 heteroatoms. The van der Waals surface area contributed by atoms with E-state index in [2.05, 4.69) is 62.3 Å². The Morgan fingerprint density at radius 2 is 0.250 bits per heavy atom. The van der Waals surface area contributed by atoms with Crippen molar-refractivity contribution in [3.05, 3.63) is 0 Å². The normalized spacial score (nSPS) is 12.4. The summed E-state index contributed by atoms with van der Waals surface area (Å²) >= 11 is 0. The van der Waals surface area contributed by atoms with Gasteiger partial charge in [-0.3, -0.25) is 4.79 Å². The summed E-state index contributed by atoms with van der Waals surface area (Å²) < 4.78 is 0. The Morgan fingerprint density at radius 1 is 0.143 bits per heavy atom. The molecule has 0 aromatic carbocycles. The molecule has 672 valence electrons. The van der Waals surface area contributed by atoms with E-state index in [0.717, 1.165) is 25.7 Å². The molecule has 0 heterocycles. The van der Waals surface area contributed by atoms with Crippen molar-refractivity contribution in [1.29, 1.82) is 0 Å². The molecule has 0 amide bonds. The van der Waals surface area contributed by atoms with Crippen LogP contribution < -0.4 is 0 Å². The zero-order chi connectivity index (χ0) is 81.5. The van der Waals surface area contributed by atoms with Crippen molar-refractivity contribution < 1.29 is 9.90 Å². The van der Waals surface area contributed by atoms with Gasteiger partial charge < -0.3 is 5.11 Å². The molecule has 0 saturated carbocycles. The minimum atomic E-state index is -0.718. The minimum absolute atomic E-state index is 0.0189. The van der Waals surface area contributed by atoms with Crippen molar-refractivity contribution in [2.75, 3.05) is 0 Å². The first kappa shape index (κ1) is 111. The van der Waals surface area contributed by atoms with Gasteiger partial charge in [0.1, 0.15) is 0 Å². The van der Waals surface area contributed by atoms with Crippen molar-refractivity contribution in [2.24, 2.45) is 21.7 Å². The van der Waals surface area contributed by atoms with Crippen molar-refractivity contribution >= 4 is 5.97 Å². The lowest BCUT2D eigenvalue weighted by molar-refractivity contribution is -0.215. The third-order valence-electron chi connectivity index (χ3n) is 29.3. The van der Waals surface area contributed by atoms with Crippen molar-refractivity contribution in [3.8, 4) is 0 Å². The van der Waals surface area contributed by atoms with E-state index in [0.29, 0.717) is 0 Å². The van der Waals surface area contributed by atoms with Crippen LogP contribution in [0, 0.1) is 21.7 Å². The van der Waals surface area contributed by atoms with Crippen LogP contribution in [0.1, 0.15) is 679 Å². The van der Waals surface area contributed by atoms with Gasteiger partial charge >= 0.3 is 5.97 Å². The van der Waals surface area contributed by atoms with Gasteiger partial charge in [-0.25, -0.2) is 0 Å². The van der Waals surface area contributed by atoms with Gasteiger partial charge in [0.25, 0.3) is 0 Å². The van der Waals surface area contributed by atoms with Crippen molar-refractivity contribution in [2.45, 2.75) is 679 Å². The van der Waals surface area contributed by atoms with Gasteiger partial charge in [-0.1, -0.05) is 621 Å². The van der Waals surface area contributed by atoms with Crippen molar-refractivity contribution in [1.82, 2.24) is 0 Å². The molecule has 0 spiro atoms. The lowest BCUT2D eigenvalue weighted by Gasteiger charge is -2.68. The number of unbranched alkanes of at least 4 members (excludes halogenated alkanes) is 78. The second kappa shape index (κ2) is 88.3. The minimum Gasteiger partial charge on any atom is -0.481 e. The van der Waals surface area contributed by atoms with E-state index >= 15 is 4.79 Å². The Kier molecular flexibility index (Phi) is 87.8. The fraction of sp³-hybridized carbons (Fsp3) is 0.991. The molecule has 112 heavy (non-hydrogen) atoms. The summed E-state index contributed by atoms with van der Waals surface area (Å²) in [4.78, 5) is 16.9. The van der Waals surface area contributed by atoms with E-state index in [1.807, 2.05) is 0 Å². The maximum absolute atomic E-state index is 16.9. The first-order chi connectivity index (χ1) is 55.2. The highest BCUT2D eigenvalue weighted by molar-refractivity contribution is 5.76. The summed E-state index contributed by atoms with van der Waals surface area (Å²) in [6.07, 6.45) is 130. The molecule has 0 bridgehead atoms. The molecule has 0 aliphatic heterocycles. The van der Waals surface area contributed by atoms with E-state index in [1.165, 1.54) is 591 Å². The summed E-state index contributed by atoms with van der Waals surface area (Å²) in [5, 5.41) is 13.9. The molecule has 0 rings (SSSR count). The summed E-state index contributed by atoms with van der Waals surface area (Å²) in [6, 6.07) is 0. The molecule has 0 unspecified atom stereocenters. The molecule has 0 radical (unpaired) electrons. The quantitative estimate of drug-likeness (QED) is 0.0616. The van der Waals surface area contributed by atoms with Gasteiger partial charge in [0.2, 0.25) is 0 Å². The maximum atomic E-state index is 16.9. The molecule has 0 aromatic heterocycles. The Balaban J connectivity index is 9.78. The van der Waals surface area contributed by atoms with Crippen LogP contribution in [0.25, 0.3) is 0 Å². The van der Waals surface area contributed by atoms with Crippen LogP contribution in [0.4, 0.5) is 0 Å². The highest BCUT2D eigenvalue weighted by atomic mass is 16.4. The number of hydrogen-bond donors (Lipinski definition) is 1. The predicted molar refractivity (Wildman–Crippen MR) is 512 cm³/mol. The van der Waals surface area contributed by atoms with Gasteiger partial charge in [0, 0.05) is 0 Å². The summed E-state index contributed by atoms with van der Waals surface area (Å²) in [7, 11) is 0. The molecule has 0 aromatic rings. The maximum Gasteiger partial charge on any atom is 0.310 e. The lowest BCUT2D eigenvalue weighted by atomic mass is 9.35. The summed E-state index contributed by atoms with van der Waals surface area (Å²) in [6.45, 7) is 21.4. The van der Waals surface area contributed by atoms with Crippen molar-refractivity contribution in [3.63, 3.8) is 0 Å². The molecule has 0 fully saturated rings. The van der Waals surface area contributed by atoms with Crippen LogP contribution in [0.15, 0.2) is 0 Å². The van der Waals surface area contributed by atoms with E-state index in [4.69, 9.17) is 0 Å². The Bertz CT molecular complexity index is 1660. The predicted octanol–water partition coefficient (Wildman–Crippen LogP) is 41.6. The molecular formula is C110H220O2. The van der Waals surface area contributed by atoms with E-state index < -0.39 is 5.41 Å². The van der Waals surface area contributed by atoms with E-state index in [9.17, 15) is 5.11 Å². The first-order valence-electron chi connectivity index (χ1n) is 54.5. The Morgan fingerprint density at radius 3 is 0.384 bits per heavy atom. The zero-order valence-corrected chi connectivity index (χ0v) is 80.2. The largest absolute Gasteiger partial charge is 0.481 e. The second-order valence-electron chi connectivity index (χ2n) is 39.2. The van der Waals surface area contributed by atoms with Crippen LogP contribution in [-0.4, -0.2) is 11.1 Å². The average Bonchev–Trinajstić information content (AvgIpc) is 0.692. The highest BCUT2D eigenvalue weighted by Crippen LogP contribution is 2.74. The smallest absolute Gasteiger partial charge is 0.310 e. The summed E-state index contributed by atoms with van der Waals surface area (Å²) in [5.74, 6) is -0.281. The average molecular weight is 1570 g/mol.